The maximum Gasteiger partial charge on any atom is 0.310 e. The van der Waals surface area contributed by atoms with Gasteiger partial charge in [0.05, 0.1) is 12.0 Å². The summed E-state index contributed by atoms with van der Waals surface area (Å²) in [6.07, 6.45) is 5.86. The third kappa shape index (κ3) is 1.37. The minimum absolute atomic E-state index is 0.164. The summed E-state index contributed by atoms with van der Waals surface area (Å²) in [7, 11) is 0. The van der Waals surface area contributed by atoms with Gasteiger partial charge in [-0.1, -0.05) is 12.2 Å². The Morgan fingerprint density at radius 3 is 2.77 bits per heavy atom. The molecule has 0 aliphatic heterocycles. The zero-order chi connectivity index (χ0) is 9.42. The molecule has 4 atom stereocenters. The van der Waals surface area contributed by atoms with E-state index in [0.717, 1.165) is 19.3 Å². The maximum atomic E-state index is 10.9. The second-order valence-corrected chi connectivity index (χ2v) is 4.00. The van der Waals surface area contributed by atoms with Gasteiger partial charge in [0, 0.05) is 0 Å². The molecule has 2 aliphatic rings. The molecule has 0 spiro atoms. The third-order valence-electron chi connectivity index (χ3n) is 3.34. The molecule has 13 heavy (non-hydrogen) atoms. The van der Waals surface area contributed by atoms with Crippen LogP contribution in [0.1, 0.15) is 19.3 Å². The molecule has 0 bridgehead atoms. The summed E-state index contributed by atoms with van der Waals surface area (Å²) in [5.41, 5.74) is 0. The molecule has 0 aromatic rings. The first-order valence-electron chi connectivity index (χ1n) is 4.77. The Bertz CT molecular complexity index is 247. The van der Waals surface area contributed by atoms with E-state index in [9.17, 15) is 9.90 Å². The molecule has 0 amide bonds. The first kappa shape index (κ1) is 8.75. The van der Waals surface area contributed by atoms with Crippen molar-refractivity contribution < 1.29 is 15.0 Å². The molecule has 3 heteroatoms. The third-order valence-corrected chi connectivity index (χ3v) is 3.34. The van der Waals surface area contributed by atoms with Crippen molar-refractivity contribution in [3.63, 3.8) is 0 Å². The van der Waals surface area contributed by atoms with Gasteiger partial charge in [0.1, 0.15) is 0 Å². The van der Waals surface area contributed by atoms with Crippen LogP contribution in [0.2, 0.25) is 0 Å². The first-order chi connectivity index (χ1) is 6.20. The van der Waals surface area contributed by atoms with Crippen LogP contribution in [0.5, 0.6) is 0 Å². The second-order valence-electron chi connectivity index (χ2n) is 4.00. The smallest absolute Gasteiger partial charge is 0.310 e. The van der Waals surface area contributed by atoms with Crippen molar-refractivity contribution >= 4 is 5.97 Å². The van der Waals surface area contributed by atoms with Gasteiger partial charge in [-0.05, 0) is 31.1 Å². The Labute approximate surface area is 77.1 Å². The van der Waals surface area contributed by atoms with Gasteiger partial charge in [0.25, 0.3) is 0 Å². The molecule has 0 saturated heterocycles. The summed E-state index contributed by atoms with van der Waals surface area (Å²) in [6.45, 7) is 0. The van der Waals surface area contributed by atoms with Crippen LogP contribution in [0.15, 0.2) is 12.2 Å². The fraction of sp³-hybridized carbons (Fsp3) is 0.700. The maximum absolute atomic E-state index is 10.9. The Balaban J connectivity index is 2.19. The van der Waals surface area contributed by atoms with Crippen LogP contribution >= 0.6 is 0 Å². The number of carboxylic acids is 1. The lowest BCUT2D eigenvalue weighted by molar-refractivity contribution is -0.142. The van der Waals surface area contributed by atoms with Gasteiger partial charge >= 0.3 is 5.97 Å². The van der Waals surface area contributed by atoms with E-state index in [1.807, 2.05) is 6.08 Å². The number of hydrogen-bond acceptors (Lipinski definition) is 2. The Morgan fingerprint density at radius 2 is 2.08 bits per heavy atom. The van der Waals surface area contributed by atoms with E-state index in [0.29, 0.717) is 0 Å². The van der Waals surface area contributed by atoms with Crippen LogP contribution in [0, 0.1) is 17.8 Å². The molecule has 2 rings (SSSR count). The van der Waals surface area contributed by atoms with Crippen LogP contribution in [0.4, 0.5) is 0 Å². The van der Waals surface area contributed by atoms with E-state index in [2.05, 4.69) is 0 Å². The Morgan fingerprint density at radius 1 is 1.31 bits per heavy atom. The average Bonchev–Trinajstić information content (AvgIpc) is 2.48. The predicted octanol–water partition coefficient (Wildman–Crippen LogP) is 1.03. The van der Waals surface area contributed by atoms with E-state index >= 15 is 0 Å². The summed E-state index contributed by atoms with van der Waals surface area (Å²) in [5.74, 6) is -0.764. The lowest BCUT2D eigenvalue weighted by Gasteiger charge is -2.28. The highest BCUT2D eigenvalue weighted by Crippen LogP contribution is 2.42. The summed E-state index contributed by atoms with van der Waals surface area (Å²) in [4.78, 5) is 10.9. The molecule has 2 N–H and O–H groups in total. The predicted molar refractivity (Wildman–Crippen MR) is 47.1 cm³/mol. The van der Waals surface area contributed by atoms with Crippen molar-refractivity contribution in [1.82, 2.24) is 0 Å². The minimum atomic E-state index is -0.750. The van der Waals surface area contributed by atoms with Crippen molar-refractivity contribution in [2.45, 2.75) is 25.4 Å². The molecular weight excluding hydrogens is 168 g/mol. The first-order valence-corrected chi connectivity index (χ1v) is 4.77. The zero-order valence-corrected chi connectivity index (χ0v) is 7.39. The molecular formula is C10H14O3. The topological polar surface area (TPSA) is 57.5 Å². The fourth-order valence-corrected chi connectivity index (χ4v) is 2.64. The quantitative estimate of drug-likeness (QED) is 0.595. The minimum Gasteiger partial charge on any atom is -0.481 e. The highest BCUT2D eigenvalue weighted by atomic mass is 16.4. The van der Waals surface area contributed by atoms with Crippen molar-refractivity contribution in [3.05, 3.63) is 12.2 Å². The van der Waals surface area contributed by atoms with E-state index < -0.39 is 5.97 Å². The molecule has 2 aliphatic carbocycles. The average molecular weight is 182 g/mol. The number of rotatable bonds is 1. The Hall–Kier alpha value is -0.830. The number of carboxylic acid groups (broad SMARTS) is 1. The zero-order valence-electron chi connectivity index (χ0n) is 7.39. The number of hydrogen-bond donors (Lipinski definition) is 2. The van der Waals surface area contributed by atoms with E-state index in [1.54, 1.807) is 6.08 Å². The molecule has 72 valence electrons. The van der Waals surface area contributed by atoms with E-state index in [1.165, 1.54) is 0 Å². The highest BCUT2D eigenvalue weighted by Gasteiger charge is 2.42. The number of aliphatic hydroxyl groups is 1. The monoisotopic (exact) mass is 182 g/mol. The van der Waals surface area contributed by atoms with Crippen molar-refractivity contribution in [1.29, 1.82) is 0 Å². The molecule has 1 saturated carbocycles. The van der Waals surface area contributed by atoms with Gasteiger partial charge < -0.3 is 10.2 Å². The molecule has 0 aromatic heterocycles. The molecule has 0 aromatic carbocycles. The van der Waals surface area contributed by atoms with Gasteiger partial charge in [-0.15, -0.1) is 0 Å². The van der Waals surface area contributed by atoms with Crippen molar-refractivity contribution in [2.24, 2.45) is 17.8 Å². The number of aliphatic carboxylic acids is 1. The second kappa shape index (κ2) is 3.14. The summed E-state index contributed by atoms with van der Waals surface area (Å²) >= 11 is 0. The van der Waals surface area contributed by atoms with Gasteiger partial charge in [-0.3, -0.25) is 4.79 Å². The fourth-order valence-electron chi connectivity index (χ4n) is 2.64. The van der Waals surface area contributed by atoms with Gasteiger partial charge in [-0.25, -0.2) is 0 Å². The summed E-state index contributed by atoms with van der Waals surface area (Å²) in [5, 5.41) is 18.5. The van der Waals surface area contributed by atoms with Crippen molar-refractivity contribution in [2.75, 3.05) is 0 Å². The van der Waals surface area contributed by atoms with Crippen LogP contribution in [0.3, 0.4) is 0 Å². The van der Waals surface area contributed by atoms with Crippen LogP contribution in [-0.4, -0.2) is 22.3 Å². The van der Waals surface area contributed by atoms with E-state index in [4.69, 9.17) is 5.11 Å². The summed E-state index contributed by atoms with van der Waals surface area (Å²) < 4.78 is 0. The highest BCUT2D eigenvalue weighted by molar-refractivity contribution is 5.73. The van der Waals surface area contributed by atoms with Gasteiger partial charge in [0.15, 0.2) is 0 Å². The number of fused-ring (bicyclic) bond motifs is 1. The SMILES string of the molecule is O=C(O)C1C=CCC2C(O)CCC12. The van der Waals surface area contributed by atoms with Crippen LogP contribution in [-0.2, 0) is 4.79 Å². The molecule has 0 radical (unpaired) electrons. The lowest BCUT2D eigenvalue weighted by atomic mass is 9.77. The number of aliphatic hydroxyl groups excluding tert-OH is 1. The number of allylic oxidation sites excluding steroid dienone is 1. The van der Waals surface area contributed by atoms with Crippen LogP contribution < -0.4 is 0 Å². The van der Waals surface area contributed by atoms with Gasteiger partial charge in [-0.2, -0.15) is 0 Å². The van der Waals surface area contributed by atoms with Gasteiger partial charge in [0.2, 0.25) is 0 Å². The van der Waals surface area contributed by atoms with Crippen molar-refractivity contribution in [3.8, 4) is 0 Å². The van der Waals surface area contributed by atoms with Crippen LogP contribution in [0.25, 0.3) is 0 Å². The molecule has 3 nitrogen and oxygen atoms in total. The standard InChI is InChI=1S/C10H14O3/c11-9-5-4-6-7(9)2-1-3-8(6)10(12)13/h1,3,6-9,11H,2,4-5H2,(H,12,13). The van der Waals surface area contributed by atoms with E-state index in [-0.39, 0.29) is 23.9 Å². The molecule has 4 unspecified atom stereocenters. The molecule has 1 fully saturated rings. The number of carbonyl (C=O) groups is 1. The normalized spacial score (nSPS) is 43.2. The summed E-state index contributed by atoms with van der Waals surface area (Å²) in [6, 6.07) is 0. The molecule has 0 heterocycles. The lowest BCUT2D eigenvalue weighted by Crippen LogP contribution is -2.30. The Kier molecular flexibility index (Phi) is 2.12. The largest absolute Gasteiger partial charge is 0.481 e.